The van der Waals surface area contributed by atoms with Crippen LogP contribution in [0.4, 0.5) is 4.79 Å². The number of aliphatic hydroxyl groups is 1. The maximum Gasteiger partial charge on any atom is 0.417 e. The van der Waals surface area contributed by atoms with Gasteiger partial charge in [0.2, 0.25) is 41.4 Å². The number of esters is 1. The molecule has 22 nitrogen and oxygen atoms in total. The minimum Gasteiger partial charge on any atom is -0.390 e. The summed E-state index contributed by atoms with van der Waals surface area (Å²) in [5.41, 5.74) is 1.48. The Balaban J connectivity index is 2.95. The van der Waals surface area contributed by atoms with Crippen molar-refractivity contribution in [3.63, 3.8) is 0 Å². The normalized spacial score (nSPS) is 25.7. The number of aliphatic hydroxyl groups excluding tert-OH is 1. The van der Waals surface area contributed by atoms with Crippen LogP contribution in [0, 0.1) is 48.3 Å². The van der Waals surface area contributed by atoms with Crippen molar-refractivity contribution in [1.29, 1.82) is 0 Å². The van der Waals surface area contributed by atoms with Gasteiger partial charge in [0.05, 0.1) is 30.7 Å². The molecule has 0 spiro atoms. The van der Waals surface area contributed by atoms with Gasteiger partial charge in [-0.2, -0.15) is 0 Å². The number of cyclic esters (lactones) is 2. The Kier molecular flexibility index (Phi) is 30.9. The molecule has 2 rings (SSSR count). The number of carbonyl (C=O) groups excluding carboxylic acids is 9. The molecule has 482 valence electrons. The zero-order valence-electron chi connectivity index (χ0n) is 55.5. The number of hydrogen-bond donors (Lipinski definition) is 5. The fourth-order valence-electron chi connectivity index (χ4n) is 10.6. The highest BCUT2D eigenvalue weighted by Gasteiger charge is 2.44. The molecule has 0 bridgehead atoms. The van der Waals surface area contributed by atoms with E-state index in [-0.39, 0.29) is 61.7 Å². The Morgan fingerprint density at radius 1 is 0.612 bits per heavy atom. The van der Waals surface area contributed by atoms with Crippen LogP contribution in [0.25, 0.3) is 6.08 Å². The molecule has 0 radical (unpaired) electrons. The summed E-state index contributed by atoms with van der Waals surface area (Å²) in [6.07, 6.45) is 1.54. The van der Waals surface area contributed by atoms with E-state index in [2.05, 4.69) is 26.3 Å². The smallest absolute Gasteiger partial charge is 0.390 e. The number of nitrogens with one attached hydrogen (secondary N) is 4. The zero-order chi connectivity index (χ0) is 65.1. The molecule has 5 N–H and O–H groups in total. The molecule has 85 heavy (non-hydrogen) atoms. The predicted molar refractivity (Wildman–Crippen MR) is 330 cm³/mol. The largest absolute Gasteiger partial charge is 0.417 e. The summed E-state index contributed by atoms with van der Waals surface area (Å²) < 4.78 is 5.49. The molecule has 0 aliphatic carbocycles. The van der Waals surface area contributed by atoms with Gasteiger partial charge in [-0.15, -0.1) is 0 Å². The van der Waals surface area contributed by atoms with Crippen molar-refractivity contribution < 1.29 is 53.0 Å². The van der Waals surface area contributed by atoms with Crippen LogP contribution < -0.4 is 21.3 Å². The van der Waals surface area contributed by atoms with Crippen LogP contribution in [0.3, 0.4) is 0 Å². The van der Waals surface area contributed by atoms with Crippen molar-refractivity contribution in [3.8, 4) is 0 Å². The van der Waals surface area contributed by atoms with Gasteiger partial charge >= 0.3 is 12.1 Å². The molecule has 1 aromatic rings. The average molecular weight is 1200 g/mol. The topological polar surface area (TPSA) is 264 Å². The lowest BCUT2D eigenvalue weighted by molar-refractivity contribution is -0.154. The van der Waals surface area contributed by atoms with Crippen molar-refractivity contribution in [1.82, 2.24) is 55.7 Å². The Morgan fingerprint density at radius 2 is 1.12 bits per heavy atom. The highest BCUT2D eigenvalue weighted by Crippen LogP contribution is 2.25. The molecule has 1 aliphatic rings. The molecule has 2 unspecified atom stereocenters. The van der Waals surface area contributed by atoms with Gasteiger partial charge in [-0.05, 0) is 125 Å². The molecule has 2 heterocycles. The minimum atomic E-state index is -1.63. The first kappa shape index (κ1) is 75.1. The van der Waals surface area contributed by atoms with E-state index >= 15 is 4.79 Å². The number of hydrogen-bond acceptors (Lipinski definition) is 14. The van der Waals surface area contributed by atoms with E-state index in [4.69, 9.17) is 4.74 Å². The Bertz CT molecular complexity index is 2420. The molecule has 22 heteroatoms. The zero-order valence-corrected chi connectivity index (χ0v) is 55.5. The number of rotatable bonds is 17. The number of amides is 8. The number of aromatic nitrogens is 1. The second-order valence-corrected chi connectivity index (χ2v) is 26.1. The lowest BCUT2D eigenvalue weighted by Gasteiger charge is -2.40. The summed E-state index contributed by atoms with van der Waals surface area (Å²) in [5.74, 6) is -6.95. The molecule has 8 amide bonds. The number of ether oxygens (including phenoxy) is 1. The molecular weight excluding hydrogens is 1090 g/mol. The van der Waals surface area contributed by atoms with Crippen LogP contribution in [0.5, 0.6) is 0 Å². The quantitative estimate of drug-likeness (QED) is 0.0933. The summed E-state index contributed by atoms with van der Waals surface area (Å²) in [5, 5.41) is 24.5. The molecule has 0 saturated carbocycles. The fourth-order valence-corrected chi connectivity index (χ4v) is 10.6. The predicted octanol–water partition coefficient (Wildman–Crippen LogP) is 5.65. The maximum atomic E-state index is 15.2. The molecule has 1 fully saturated rings. The molecule has 1 saturated heterocycles. The highest BCUT2D eigenvalue weighted by molar-refractivity contribution is 5.97. The van der Waals surface area contributed by atoms with Crippen LogP contribution in [0.2, 0.25) is 0 Å². The van der Waals surface area contributed by atoms with Gasteiger partial charge in [0.25, 0.3) is 0 Å². The van der Waals surface area contributed by atoms with Crippen molar-refractivity contribution >= 4 is 59.5 Å². The molecule has 1 aliphatic heterocycles. The number of carbonyl (C=O) groups is 9. The Hall–Kier alpha value is -6.00. The molecule has 11 atom stereocenters. The van der Waals surface area contributed by atoms with Gasteiger partial charge in [0.15, 0.2) is 0 Å². The van der Waals surface area contributed by atoms with Crippen LogP contribution in [0.15, 0.2) is 24.3 Å². The molecular formula is C63H109N11O11. The maximum absolute atomic E-state index is 15.2. The summed E-state index contributed by atoms with van der Waals surface area (Å²) in [6, 6.07) is -3.07. The summed E-state index contributed by atoms with van der Waals surface area (Å²) in [7, 11) is 8.88. The van der Waals surface area contributed by atoms with E-state index in [0.29, 0.717) is 18.5 Å². The van der Waals surface area contributed by atoms with Gasteiger partial charge in [-0.3, -0.25) is 53.7 Å². The number of allylic oxidation sites excluding steroid dienone is 1. The second-order valence-electron chi connectivity index (χ2n) is 26.1. The van der Waals surface area contributed by atoms with Crippen LogP contribution >= 0.6 is 0 Å². The van der Waals surface area contributed by atoms with E-state index in [1.54, 1.807) is 40.7 Å². The van der Waals surface area contributed by atoms with Gasteiger partial charge in [-0.1, -0.05) is 109 Å². The first-order valence-electron chi connectivity index (χ1n) is 30.6. The lowest BCUT2D eigenvalue weighted by Crippen LogP contribution is -2.63. The first-order chi connectivity index (χ1) is 39.4. The van der Waals surface area contributed by atoms with E-state index in [1.807, 2.05) is 112 Å². The van der Waals surface area contributed by atoms with Gasteiger partial charge in [0.1, 0.15) is 42.3 Å². The minimum absolute atomic E-state index is 0.0494. The summed E-state index contributed by atoms with van der Waals surface area (Å²) in [4.78, 5) is 143. The van der Waals surface area contributed by atoms with Gasteiger partial charge in [0, 0.05) is 40.9 Å². The highest BCUT2D eigenvalue weighted by atomic mass is 16.6. The van der Waals surface area contributed by atoms with Gasteiger partial charge in [-0.25, -0.2) is 9.59 Å². The average Bonchev–Trinajstić information content (AvgIpc) is 2.51. The van der Waals surface area contributed by atoms with Crippen LogP contribution in [-0.2, 0) is 43.1 Å². The van der Waals surface area contributed by atoms with Crippen molar-refractivity contribution in [2.75, 3.05) is 48.8 Å². The number of aryl methyl sites for hydroxylation is 1. The van der Waals surface area contributed by atoms with Crippen LogP contribution in [-0.4, -0.2) is 202 Å². The molecule has 0 aromatic carbocycles. The summed E-state index contributed by atoms with van der Waals surface area (Å²) >= 11 is 0. The lowest BCUT2D eigenvalue weighted by atomic mass is 9.91. The van der Waals surface area contributed by atoms with Crippen molar-refractivity contribution in [2.45, 2.75) is 216 Å². The van der Waals surface area contributed by atoms with Gasteiger partial charge < -0.3 is 45.4 Å². The third-order valence-corrected chi connectivity index (χ3v) is 15.7. The third kappa shape index (κ3) is 23.0. The first-order valence-corrected chi connectivity index (χ1v) is 30.6. The Morgan fingerprint density at radius 3 is 1.64 bits per heavy atom. The van der Waals surface area contributed by atoms with E-state index in [9.17, 15) is 43.5 Å². The Labute approximate surface area is 508 Å². The number of nitrogens with zero attached hydrogens (tertiary/aromatic N) is 7. The SMILES string of the molecule is CC[C@H]1NC(=O)C([C@H](O)[C@H](C)C/C=C/c2cccc(C)n2)N(C)C(=O)C(C(C)C)N(C)C(=O)[C@@H](CC(C)C)NC(=O)[C@@H](CC(C)C)N(C)C(=O)OC(=O)[C@@H](C)N[C@@H](CC(C)C)N(C)[C@@H](CC(C)C)NC(=O)[C@H](CC(C)C)N(C)C(=O)CN(C)C1=O. The van der Waals surface area contributed by atoms with Crippen molar-refractivity contribution in [3.05, 3.63) is 35.7 Å². The van der Waals surface area contributed by atoms with Crippen molar-refractivity contribution in [2.24, 2.45) is 41.4 Å². The van der Waals surface area contributed by atoms with Crippen LogP contribution in [0.1, 0.15) is 160 Å². The van der Waals surface area contributed by atoms with E-state index in [1.165, 1.54) is 49.9 Å². The van der Waals surface area contributed by atoms with E-state index in [0.717, 1.165) is 15.5 Å². The third-order valence-electron chi connectivity index (χ3n) is 15.7. The summed E-state index contributed by atoms with van der Waals surface area (Å²) in [6.45, 7) is 29.2. The number of pyridine rings is 1. The standard InChI is InChI=1S/C63H109N11O11/c1-23-46-59(80)69(17)35-52(75)70(18)48(31-37(4)5)57(78)68-51(34-40(10)11)72(20)50(33-39(8)9)65-44(16)62(83)85-63(84)71(19)49(32-38(6)7)56(77)67-47(30-36(2)3)60(81)73(21)53(41(12)13)61(82)74(22)54(58(79)66-46)55(76)42(14)26-24-28-45-29-25-27-43(15)64-45/h24-25,27-29,36-42,44,46-51,53-55,65,76H,23,26,30-35H2,1-22H3,(H,66,79)(H,67,77)(H,68,78)/b28-24+/t42-,44-,46-,47-,48+,49-,50-,51+,53?,54?,55-/m1/s1. The number of likely N-dealkylation sites (N-methyl/N-ethyl adjacent to an activating group) is 5. The monoisotopic (exact) mass is 1200 g/mol. The molecule has 1 aromatic heterocycles. The fraction of sp³-hybridized carbons (Fsp3) is 0.746. The second kappa shape index (κ2) is 35.0. The van der Waals surface area contributed by atoms with E-state index < -0.39 is 133 Å².